The van der Waals surface area contributed by atoms with Crippen molar-refractivity contribution in [3.8, 4) is 34.1 Å². The zero-order valence-corrected chi connectivity index (χ0v) is 27.2. The van der Waals surface area contributed by atoms with Crippen molar-refractivity contribution in [1.29, 1.82) is 0 Å². The lowest BCUT2D eigenvalue weighted by Crippen LogP contribution is -2.30. The second-order valence-electron chi connectivity index (χ2n) is 12.8. The summed E-state index contributed by atoms with van der Waals surface area (Å²) in [6.07, 6.45) is -0.185. The predicted molar refractivity (Wildman–Crippen MR) is 188 cm³/mol. The van der Waals surface area contributed by atoms with E-state index in [1.165, 1.54) is 11.1 Å². The minimum absolute atomic E-state index is 0.0927. The smallest absolute Gasteiger partial charge is 0.181 e. The molecule has 0 N–H and O–H groups in total. The molecule has 2 atom stereocenters. The number of hydrogen-bond donors (Lipinski definition) is 0. The molecule has 0 spiro atoms. The van der Waals surface area contributed by atoms with Crippen LogP contribution in [0.5, 0.6) is 23.0 Å². The summed E-state index contributed by atoms with van der Waals surface area (Å²) < 4.78 is 40.8. The van der Waals surface area contributed by atoms with Gasteiger partial charge < -0.3 is 33.2 Å². The average Bonchev–Trinajstić information content (AvgIpc) is 4.09. The van der Waals surface area contributed by atoms with Gasteiger partial charge in [-0.25, -0.2) is 0 Å². The van der Waals surface area contributed by atoms with Crippen LogP contribution in [0.4, 0.5) is 0 Å². The normalized spacial score (nSPS) is 20.3. The summed E-state index contributed by atoms with van der Waals surface area (Å²) in [5.74, 6) is 3.21. The van der Waals surface area contributed by atoms with E-state index in [9.17, 15) is 0 Å². The molecule has 2 saturated heterocycles. The Hall–Kier alpha value is -4.92. The second-order valence-corrected chi connectivity index (χ2v) is 12.8. The molecule has 6 aromatic rings. The number of fused-ring (bicyclic) bond motifs is 6. The molecular weight excluding hydrogens is 616 g/mol. The van der Waals surface area contributed by atoms with Crippen molar-refractivity contribution in [1.82, 2.24) is 0 Å². The van der Waals surface area contributed by atoms with Crippen molar-refractivity contribution in [3.63, 3.8) is 0 Å². The van der Waals surface area contributed by atoms with Crippen molar-refractivity contribution in [2.75, 3.05) is 39.6 Å². The van der Waals surface area contributed by atoms with Gasteiger partial charge in [0.05, 0.1) is 18.6 Å². The van der Waals surface area contributed by atoms with Gasteiger partial charge in [-0.15, -0.1) is 0 Å². The minimum Gasteiger partial charge on any atom is -0.491 e. The molecule has 3 heterocycles. The molecule has 0 radical (unpaired) electrons. The van der Waals surface area contributed by atoms with Gasteiger partial charge in [-0.2, -0.15) is 0 Å². The van der Waals surface area contributed by atoms with E-state index >= 15 is 0 Å². The Labute approximate surface area is 284 Å². The molecule has 49 heavy (non-hydrogen) atoms. The van der Waals surface area contributed by atoms with E-state index < -0.39 is 5.41 Å². The lowest BCUT2D eigenvalue weighted by Gasteiger charge is -2.40. The molecule has 7 nitrogen and oxygen atoms in total. The summed E-state index contributed by atoms with van der Waals surface area (Å²) in [6.45, 7) is 5.43. The van der Waals surface area contributed by atoms with Gasteiger partial charge in [0, 0.05) is 11.1 Å². The lowest BCUT2D eigenvalue weighted by atomic mass is 9.66. The first-order chi connectivity index (χ1) is 24.1. The molecule has 9 rings (SSSR count). The first kappa shape index (κ1) is 30.2. The van der Waals surface area contributed by atoms with Crippen LogP contribution in [0.3, 0.4) is 0 Å². The highest BCUT2D eigenvalue weighted by Gasteiger charge is 2.42. The minimum atomic E-state index is -0.604. The molecule has 0 amide bonds. The second kappa shape index (κ2) is 12.5. The Morgan fingerprint density at radius 1 is 0.571 bits per heavy atom. The van der Waals surface area contributed by atoms with Crippen LogP contribution in [0, 0.1) is 0 Å². The maximum absolute atomic E-state index is 6.80. The first-order valence-corrected chi connectivity index (χ1v) is 16.8. The van der Waals surface area contributed by atoms with E-state index in [2.05, 4.69) is 104 Å². The third-order valence-electron chi connectivity index (χ3n) is 9.62. The monoisotopic (exact) mass is 652 g/mol. The van der Waals surface area contributed by atoms with E-state index in [0.29, 0.717) is 39.6 Å². The molecule has 3 aliphatic rings. The molecule has 0 bridgehead atoms. The Morgan fingerprint density at radius 3 is 1.57 bits per heavy atom. The largest absolute Gasteiger partial charge is 0.491 e. The topological polar surface area (TPSA) is 71.2 Å². The van der Waals surface area contributed by atoms with Gasteiger partial charge in [0.15, 0.2) is 12.6 Å². The predicted octanol–water partition coefficient (Wildman–Crippen LogP) is 8.62. The number of epoxide rings is 2. The quantitative estimate of drug-likeness (QED) is 0.0968. The zero-order valence-electron chi connectivity index (χ0n) is 27.2. The Balaban J connectivity index is 1.18. The molecule has 0 aromatic heterocycles. The van der Waals surface area contributed by atoms with Crippen LogP contribution in [0.1, 0.15) is 23.6 Å². The molecule has 0 aliphatic carbocycles. The maximum Gasteiger partial charge on any atom is 0.181 e. The number of ether oxygens (including phenoxy) is 7. The zero-order chi connectivity index (χ0) is 32.8. The summed E-state index contributed by atoms with van der Waals surface area (Å²) in [4.78, 5) is 0. The molecule has 2 unspecified atom stereocenters. The summed E-state index contributed by atoms with van der Waals surface area (Å²) in [7, 11) is 0. The molecule has 0 saturated carbocycles. The number of hydrogen-bond acceptors (Lipinski definition) is 7. The standard InChI is InChI=1S/C42H36O7/c1-42(31-13-7-28(8-14-31)27-5-3-2-4-6-27)40-34-23-32(43-19-21-45-38-25-47-38)15-9-29(34)11-17-36(40)49-37-18-12-30-10-16-33(24-35(30)41(37)42)44-20-22-46-39-26-48-39/h2-18,23-24,38-39H,19-22,25-26H2,1H3. The first-order valence-electron chi connectivity index (χ1n) is 16.8. The van der Waals surface area contributed by atoms with Crippen LogP contribution in [0.15, 0.2) is 115 Å². The highest BCUT2D eigenvalue weighted by molar-refractivity contribution is 5.97. The molecule has 246 valence electrons. The third kappa shape index (κ3) is 5.89. The molecule has 3 aliphatic heterocycles. The summed E-state index contributed by atoms with van der Waals surface area (Å²) in [5.41, 5.74) is 5.09. The Morgan fingerprint density at radius 2 is 1.06 bits per heavy atom. The van der Waals surface area contributed by atoms with E-state index in [0.717, 1.165) is 61.2 Å². The van der Waals surface area contributed by atoms with Gasteiger partial charge in [-0.3, -0.25) is 0 Å². The highest BCUT2D eigenvalue weighted by atomic mass is 16.8. The molecule has 2 fully saturated rings. The van der Waals surface area contributed by atoms with Gasteiger partial charge in [0.1, 0.15) is 49.4 Å². The summed E-state index contributed by atoms with van der Waals surface area (Å²) in [6, 6.07) is 40.4. The van der Waals surface area contributed by atoms with Crippen molar-refractivity contribution in [2.24, 2.45) is 0 Å². The van der Waals surface area contributed by atoms with Crippen LogP contribution in [-0.2, 0) is 24.4 Å². The van der Waals surface area contributed by atoms with Crippen LogP contribution in [-0.4, -0.2) is 52.2 Å². The van der Waals surface area contributed by atoms with E-state index in [1.54, 1.807) is 0 Å². The van der Waals surface area contributed by atoms with Gasteiger partial charge in [-0.05, 0) is 81.6 Å². The molecule has 7 heteroatoms. The lowest BCUT2D eigenvalue weighted by molar-refractivity contribution is 0.0323. The van der Waals surface area contributed by atoms with Gasteiger partial charge >= 0.3 is 0 Å². The van der Waals surface area contributed by atoms with E-state index in [4.69, 9.17) is 33.2 Å². The van der Waals surface area contributed by atoms with Gasteiger partial charge in [-0.1, -0.05) is 78.9 Å². The SMILES string of the molecule is CC1(c2ccc(-c3ccccc3)cc2)c2c(ccc3ccc(OCCOC4CO4)cc23)Oc2ccc3ccc(OCCOC4CO4)cc3c21. The fourth-order valence-corrected chi connectivity index (χ4v) is 7.05. The van der Waals surface area contributed by atoms with Crippen molar-refractivity contribution < 1.29 is 33.2 Å². The van der Waals surface area contributed by atoms with E-state index in [1.807, 2.05) is 18.2 Å². The highest BCUT2D eigenvalue weighted by Crippen LogP contribution is 2.56. The maximum atomic E-state index is 6.80. The van der Waals surface area contributed by atoms with Crippen molar-refractivity contribution >= 4 is 21.5 Å². The van der Waals surface area contributed by atoms with Crippen LogP contribution >= 0.6 is 0 Å². The third-order valence-corrected chi connectivity index (χ3v) is 9.62. The van der Waals surface area contributed by atoms with E-state index in [-0.39, 0.29) is 12.6 Å². The summed E-state index contributed by atoms with van der Waals surface area (Å²) >= 11 is 0. The number of rotatable bonds is 12. The Kier molecular flexibility index (Phi) is 7.70. The van der Waals surface area contributed by atoms with Gasteiger partial charge in [0.2, 0.25) is 0 Å². The van der Waals surface area contributed by atoms with Crippen LogP contribution in [0.2, 0.25) is 0 Å². The Bertz CT molecular complexity index is 2030. The average molecular weight is 653 g/mol. The fraction of sp³-hybridized carbons (Fsp3) is 0.238. The van der Waals surface area contributed by atoms with Crippen LogP contribution in [0.25, 0.3) is 32.7 Å². The van der Waals surface area contributed by atoms with Crippen molar-refractivity contribution in [2.45, 2.75) is 24.9 Å². The fourth-order valence-electron chi connectivity index (χ4n) is 7.05. The molecule has 6 aromatic carbocycles. The van der Waals surface area contributed by atoms with Gasteiger partial charge in [0.25, 0.3) is 0 Å². The van der Waals surface area contributed by atoms with Crippen molar-refractivity contribution in [3.05, 3.63) is 132 Å². The molecular formula is C42H36O7. The van der Waals surface area contributed by atoms with Crippen LogP contribution < -0.4 is 14.2 Å². The number of benzene rings is 6. The summed E-state index contributed by atoms with van der Waals surface area (Å²) in [5, 5.41) is 4.37.